The van der Waals surface area contributed by atoms with Crippen molar-refractivity contribution in [3.63, 3.8) is 0 Å². The van der Waals surface area contributed by atoms with E-state index in [9.17, 15) is 8.78 Å². The van der Waals surface area contributed by atoms with Crippen molar-refractivity contribution < 1.29 is 8.78 Å². The van der Waals surface area contributed by atoms with Crippen LogP contribution in [0.5, 0.6) is 0 Å². The first-order valence-electron chi connectivity index (χ1n) is 7.39. The van der Waals surface area contributed by atoms with Crippen LogP contribution in [-0.4, -0.2) is 57.6 Å². The van der Waals surface area contributed by atoms with Crippen molar-refractivity contribution in [2.75, 3.05) is 31.1 Å². The first-order chi connectivity index (χ1) is 10.8. The van der Waals surface area contributed by atoms with Gasteiger partial charge in [-0.15, -0.1) is 0 Å². The molecular weight excluding hydrogens is 347 g/mol. The number of hydrogen-bond acceptors (Lipinski definition) is 4. The molecule has 0 aliphatic carbocycles. The number of imidazole rings is 1. The fourth-order valence-corrected chi connectivity index (χ4v) is 4.03. The summed E-state index contributed by atoms with van der Waals surface area (Å²) < 4.78 is 29.1. The molecule has 5 nitrogen and oxygen atoms in total. The van der Waals surface area contributed by atoms with E-state index in [-0.39, 0.29) is 24.2 Å². The second-order valence-electron chi connectivity index (χ2n) is 6.20. The lowest BCUT2D eigenvalue weighted by atomic mass is 10.1. The Hall–Kier alpha value is -1.18. The number of hydrogen-bond donors (Lipinski definition) is 0. The number of alkyl halides is 2. The molecule has 0 amide bonds. The molecule has 23 heavy (non-hydrogen) atoms. The van der Waals surface area contributed by atoms with E-state index in [2.05, 4.69) is 9.97 Å². The molecule has 2 saturated heterocycles. The third kappa shape index (κ3) is 2.55. The van der Waals surface area contributed by atoms with Crippen molar-refractivity contribution in [1.29, 1.82) is 0 Å². The summed E-state index contributed by atoms with van der Waals surface area (Å²) >= 11 is 12.1. The number of fused-ring (bicyclic) bond motifs is 2. The van der Waals surface area contributed by atoms with Crippen LogP contribution in [0.1, 0.15) is 6.42 Å². The Morgan fingerprint density at radius 3 is 2.83 bits per heavy atom. The molecule has 0 saturated carbocycles. The maximum absolute atomic E-state index is 13.6. The number of halogens is 4. The summed E-state index contributed by atoms with van der Waals surface area (Å²) in [4.78, 5) is 12.5. The average Bonchev–Trinajstić information content (AvgIpc) is 2.94. The third-order valence-corrected chi connectivity index (χ3v) is 5.09. The van der Waals surface area contributed by atoms with Crippen LogP contribution in [0.2, 0.25) is 10.3 Å². The highest BCUT2D eigenvalue weighted by Crippen LogP contribution is 2.35. The summed E-state index contributed by atoms with van der Waals surface area (Å²) in [5, 5.41) is 0.553. The van der Waals surface area contributed by atoms with Crippen LogP contribution in [0, 0.1) is 0 Å². The number of nitrogens with zero attached hydrogens (tertiary/aromatic N) is 5. The molecule has 2 aliphatic heterocycles. The van der Waals surface area contributed by atoms with E-state index in [1.165, 1.54) is 0 Å². The van der Waals surface area contributed by atoms with Crippen molar-refractivity contribution in [2.45, 2.75) is 18.4 Å². The predicted molar refractivity (Wildman–Crippen MR) is 85.7 cm³/mol. The Bertz CT molecular complexity index is 778. The van der Waals surface area contributed by atoms with Crippen molar-refractivity contribution in [1.82, 2.24) is 19.4 Å². The third-order valence-electron chi connectivity index (χ3n) is 4.63. The highest BCUT2D eigenvalue weighted by molar-refractivity contribution is 6.36. The molecule has 2 aromatic rings. The van der Waals surface area contributed by atoms with Crippen molar-refractivity contribution in [3.8, 4) is 0 Å². The van der Waals surface area contributed by atoms with Gasteiger partial charge >= 0.3 is 0 Å². The minimum atomic E-state index is -2.59. The smallest absolute Gasteiger partial charge is 0.262 e. The summed E-state index contributed by atoms with van der Waals surface area (Å²) in [6.45, 7) is 1.66. The Morgan fingerprint density at radius 1 is 1.26 bits per heavy atom. The molecule has 4 rings (SSSR count). The van der Waals surface area contributed by atoms with E-state index >= 15 is 0 Å². The zero-order valence-corrected chi connectivity index (χ0v) is 14.0. The van der Waals surface area contributed by atoms with Gasteiger partial charge in [0.2, 0.25) is 5.95 Å². The fourth-order valence-electron chi connectivity index (χ4n) is 3.57. The minimum absolute atomic E-state index is 0.0957. The maximum atomic E-state index is 13.6. The van der Waals surface area contributed by atoms with Crippen LogP contribution < -0.4 is 4.90 Å². The van der Waals surface area contributed by atoms with Gasteiger partial charge in [-0.3, -0.25) is 4.90 Å². The average molecular weight is 362 g/mol. The zero-order chi connectivity index (χ0) is 16.4. The van der Waals surface area contributed by atoms with E-state index in [4.69, 9.17) is 23.2 Å². The summed E-state index contributed by atoms with van der Waals surface area (Å²) in [5.41, 5.74) is 1.36. The van der Waals surface area contributed by atoms with Crippen LogP contribution in [0.3, 0.4) is 0 Å². The molecule has 0 bridgehead atoms. The molecule has 124 valence electrons. The Labute approximate surface area is 141 Å². The van der Waals surface area contributed by atoms with Gasteiger partial charge < -0.3 is 9.47 Å². The van der Waals surface area contributed by atoms with Crippen LogP contribution >= 0.6 is 23.2 Å². The number of rotatable bonds is 1. The van der Waals surface area contributed by atoms with Crippen molar-refractivity contribution in [2.24, 2.45) is 7.05 Å². The van der Waals surface area contributed by atoms with Gasteiger partial charge in [0, 0.05) is 45.2 Å². The van der Waals surface area contributed by atoms with Gasteiger partial charge in [-0.25, -0.2) is 18.7 Å². The first-order valence-corrected chi connectivity index (χ1v) is 8.15. The van der Waals surface area contributed by atoms with Crippen molar-refractivity contribution in [3.05, 3.63) is 16.4 Å². The molecule has 0 radical (unpaired) electrons. The molecule has 0 unspecified atom stereocenters. The second-order valence-corrected chi connectivity index (χ2v) is 6.95. The van der Waals surface area contributed by atoms with E-state index in [0.717, 1.165) is 5.52 Å². The molecule has 9 heteroatoms. The van der Waals surface area contributed by atoms with Gasteiger partial charge in [0.25, 0.3) is 5.92 Å². The SMILES string of the molecule is Cn1c(N2CCN3CC(F)(F)C[C@@H]3C2)nc2c(Cl)nc(Cl)cc21. The molecule has 0 aromatic carbocycles. The van der Waals surface area contributed by atoms with Crippen LogP contribution in [0.4, 0.5) is 14.7 Å². The van der Waals surface area contributed by atoms with Gasteiger partial charge in [-0.1, -0.05) is 23.2 Å². The maximum Gasteiger partial charge on any atom is 0.262 e. The summed E-state index contributed by atoms with van der Waals surface area (Å²) in [6.07, 6.45) is -0.0957. The number of anilines is 1. The van der Waals surface area contributed by atoms with Gasteiger partial charge in [-0.05, 0) is 0 Å². The summed E-state index contributed by atoms with van der Waals surface area (Å²) in [5.74, 6) is -1.88. The number of aromatic nitrogens is 3. The van der Waals surface area contributed by atoms with Gasteiger partial charge in [0.1, 0.15) is 10.7 Å². The standard InChI is InChI=1S/C14H15Cl2F2N5/c1-21-9-4-10(15)19-12(16)11(9)20-13(21)22-2-3-23-7-14(17,18)5-8(23)6-22/h4,8H,2-3,5-7H2,1H3/t8-/m1/s1. The van der Waals surface area contributed by atoms with E-state index in [1.807, 2.05) is 21.4 Å². The molecule has 0 spiro atoms. The number of aryl methyl sites for hydroxylation is 1. The highest BCUT2D eigenvalue weighted by Gasteiger charge is 2.47. The zero-order valence-electron chi connectivity index (χ0n) is 12.4. The molecular formula is C14H15Cl2F2N5. The Balaban J connectivity index is 1.68. The summed E-state index contributed by atoms with van der Waals surface area (Å²) in [7, 11) is 1.87. The van der Waals surface area contributed by atoms with Crippen LogP contribution in [0.25, 0.3) is 11.0 Å². The van der Waals surface area contributed by atoms with Gasteiger partial charge in [0.05, 0.1) is 12.1 Å². The molecule has 2 fully saturated rings. The Morgan fingerprint density at radius 2 is 2.04 bits per heavy atom. The van der Waals surface area contributed by atoms with E-state index in [1.54, 1.807) is 6.07 Å². The normalized spacial score (nSPS) is 24.4. The lowest BCUT2D eigenvalue weighted by Crippen LogP contribution is -2.50. The Kier molecular flexibility index (Phi) is 3.44. The number of pyridine rings is 1. The van der Waals surface area contributed by atoms with Crippen LogP contribution in [-0.2, 0) is 7.05 Å². The second kappa shape index (κ2) is 5.16. The monoisotopic (exact) mass is 361 g/mol. The molecule has 0 N–H and O–H groups in total. The summed E-state index contributed by atoms with van der Waals surface area (Å²) in [6, 6.07) is 1.56. The molecule has 1 atom stereocenters. The molecule has 4 heterocycles. The largest absolute Gasteiger partial charge is 0.339 e. The highest BCUT2D eigenvalue weighted by atomic mass is 35.5. The van der Waals surface area contributed by atoms with Gasteiger partial charge in [-0.2, -0.15) is 0 Å². The lowest BCUT2D eigenvalue weighted by Gasteiger charge is -2.37. The predicted octanol–water partition coefficient (Wildman–Crippen LogP) is 2.80. The minimum Gasteiger partial charge on any atom is -0.339 e. The first kappa shape index (κ1) is 15.4. The topological polar surface area (TPSA) is 37.2 Å². The fraction of sp³-hybridized carbons (Fsp3) is 0.571. The van der Waals surface area contributed by atoms with E-state index in [0.29, 0.717) is 36.3 Å². The van der Waals surface area contributed by atoms with E-state index < -0.39 is 5.92 Å². The quantitative estimate of drug-likeness (QED) is 0.732. The van der Waals surface area contributed by atoms with Crippen LogP contribution in [0.15, 0.2) is 6.07 Å². The molecule has 2 aromatic heterocycles. The van der Waals surface area contributed by atoms with Gasteiger partial charge in [0.15, 0.2) is 5.15 Å². The lowest BCUT2D eigenvalue weighted by molar-refractivity contribution is 0.0125. The molecule has 2 aliphatic rings. The van der Waals surface area contributed by atoms with Crippen molar-refractivity contribution >= 4 is 40.2 Å². The number of piperazine rings is 1.